The largest absolute Gasteiger partial charge is 0.396 e. The first-order valence-corrected chi connectivity index (χ1v) is 5.36. The average Bonchev–Trinajstić information content (AvgIpc) is 1.99. The summed E-state index contributed by atoms with van der Waals surface area (Å²) >= 11 is 8.46. The summed E-state index contributed by atoms with van der Waals surface area (Å²) in [5, 5.41) is 8.97. The van der Waals surface area contributed by atoms with E-state index >= 15 is 0 Å². The molecule has 1 nitrogen and oxygen atoms in total. The summed E-state index contributed by atoms with van der Waals surface area (Å²) in [6, 6.07) is 0. The van der Waals surface area contributed by atoms with Gasteiger partial charge in [0.2, 0.25) is 0 Å². The topological polar surface area (TPSA) is 20.2 Å². The number of aliphatic hydroxyl groups is 1. The van der Waals surface area contributed by atoms with Crippen LogP contribution in [0.25, 0.3) is 0 Å². The van der Waals surface area contributed by atoms with Crippen molar-refractivity contribution >= 4 is 25.3 Å². The number of hydrogen-bond donors (Lipinski definition) is 3. The van der Waals surface area contributed by atoms with E-state index in [0.717, 1.165) is 18.6 Å². The molecule has 0 amide bonds. The van der Waals surface area contributed by atoms with E-state index in [-0.39, 0.29) is 6.61 Å². The van der Waals surface area contributed by atoms with Gasteiger partial charge < -0.3 is 5.11 Å². The Balaban J connectivity index is 2.97. The maximum atomic E-state index is 8.58. The minimum Gasteiger partial charge on any atom is -0.396 e. The van der Waals surface area contributed by atoms with E-state index in [1.807, 2.05) is 0 Å². The van der Waals surface area contributed by atoms with Crippen molar-refractivity contribution in [1.29, 1.82) is 0 Å². The van der Waals surface area contributed by atoms with Crippen LogP contribution in [0.2, 0.25) is 0 Å². The van der Waals surface area contributed by atoms with Crippen LogP contribution in [-0.2, 0) is 0 Å². The third-order valence-corrected chi connectivity index (χ3v) is 2.49. The standard InChI is InChI=1S/C8H18OS2/c9-6-5-8(11)4-2-1-3-7-10/h8-11H,1-7H2. The Kier molecular flexibility index (Phi) is 9.28. The van der Waals surface area contributed by atoms with E-state index in [1.54, 1.807) is 0 Å². The van der Waals surface area contributed by atoms with Crippen molar-refractivity contribution in [2.45, 2.75) is 37.4 Å². The minimum absolute atomic E-state index is 0.265. The molecule has 0 radical (unpaired) electrons. The summed E-state index contributed by atoms with van der Waals surface area (Å²) in [4.78, 5) is 0. The van der Waals surface area contributed by atoms with E-state index < -0.39 is 0 Å². The number of aliphatic hydroxyl groups excluding tert-OH is 1. The lowest BCUT2D eigenvalue weighted by Gasteiger charge is -2.07. The smallest absolute Gasteiger partial charge is 0.0441 e. The number of rotatable bonds is 7. The normalized spacial score (nSPS) is 13.4. The summed E-state index contributed by atoms with van der Waals surface area (Å²) < 4.78 is 0. The van der Waals surface area contributed by atoms with Crippen molar-refractivity contribution in [2.75, 3.05) is 12.4 Å². The van der Waals surface area contributed by atoms with Crippen molar-refractivity contribution in [3.8, 4) is 0 Å². The van der Waals surface area contributed by atoms with Gasteiger partial charge in [0.05, 0.1) is 0 Å². The van der Waals surface area contributed by atoms with Crippen LogP contribution in [0.1, 0.15) is 32.1 Å². The van der Waals surface area contributed by atoms with Gasteiger partial charge in [0.15, 0.2) is 0 Å². The molecule has 0 aromatic rings. The van der Waals surface area contributed by atoms with Gasteiger partial charge in [-0.05, 0) is 25.0 Å². The molecule has 0 aliphatic heterocycles. The molecule has 1 N–H and O–H groups in total. The lowest BCUT2D eigenvalue weighted by molar-refractivity contribution is 0.285. The van der Waals surface area contributed by atoms with Crippen molar-refractivity contribution in [3.05, 3.63) is 0 Å². The van der Waals surface area contributed by atoms with Crippen LogP contribution in [0, 0.1) is 0 Å². The van der Waals surface area contributed by atoms with Gasteiger partial charge in [0.1, 0.15) is 0 Å². The summed E-state index contributed by atoms with van der Waals surface area (Å²) in [5.41, 5.74) is 0. The Morgan fingerprint density at radius 2 is 1.82 bits per heavy atom. The zero-order valence-corrected chi connectivity index (χ0v) is 8.66. The third kappa shape index (κ3) is 8.57. The fraction of sp³-hybridized carbons (Fsp3) is 1.00. The molecule has 0 saturated heterocycles. The molecule has 68 valence electrons. The van der Waals surface area contributed by atoms with Crippen molar-refractivity contribution in [1.82, 2.24) is 0 Å². The Labute approximate surface area is 80.4 Å². The summed E-state index contributed by atoms with van der Waals surface area (Å²) in [5.74, 6) is 0.983. The van der Waals surface area contributed by atoms with Gasteiger partial charge in [0.25, 0.3) is 0 Å². The van der Waals surface area contributed by atoms with Crippen LogP contribution >= 0.6 is 25.3 Å². The molecule has 1 unspecified atom stereocenters. The molecule has 0 heterocycles. The monoisotopic (exact) mass is 194 g/mol. The molecule has 0 spiro atoms. The molecule has 0 rings (SSSR count). The molecule has 0 aliphatic carbocycles. The van der Waals surface area contributed by atoms with Crippen LogP contribution < -0.4 is 0 Å². The number of unbranched alkanes of at least 4 members (excludes halogenated alkanes) is 2. The molecular formula is C8H18OS2. The van der Waals surface area contributed by atoms with Crippen molar-refractivity contribution < 1.29 is 5.11 Å². The zero-order chi connectivity index (χ0) is 8.53. The maximum absolute atomic E-state index is 8.58. The van der Waals surface area contributed by atoms with Gasteiger partial charge >= 0.3 is 0 Å². The van der Waals surface area contributed by atoms with Gasteiger partial charge in [-0.2, -0.15) is 25.3 Å². The Bertz CT molecular complexity index is 78.5. The van der Waals surface area contributed by atoms with Gasteiger partial charge in [-0.25, -0.2) is 0 Å². The number of hydrogen-bond acceptors (Lipinski definition) is 3. The number of thiol groups is 2. The average molecular weight is 194 g/mol. The zero-order valence-electron chi connectivity index (χ0n) is 6.87. The highest BCUT2D eigenvalue weighted by Crippen LogP contribution is 2.11. The van der Waals surface area contributed by atoms with E-state index in [4.69, 9.17) is 5.11 Å². The minimum atomic E-state index is 0.265. The first kappa shape index (κ1) is 11.7. The van der Waals surface area contributed by atoms with E-state index in [0.29, 0.717) is 5.25 Å². The first-order chi connectivity index (χ1) is 5.31. The second-order valence-corrected chi connectivity index (χ2v) is 3.92. The predicted molar refractivity (Wildman–Crippen MR) is 56.8 cm³/mol. The van der Waals surface area contributed by atoms with Crippen LogP contribution in [-0.4, -0.2) is 22.7 Å². The van der Waals surface area contributed by atoms with E-state index in [1.165, 1.54) is 19.3 Å². The second kappa shape index (κ2) is 8.75. The van der Waals surface area contributed by atoms with Gasteiger partial charge in [0, 0.05) is 11.9 Å². The van der Waals surface area contributed by atoms with Gasteiger partial charge in [-0.1, -0.05) is 12.8 Å². The molecule has 0 saturated carbocycles. The molecule has 0 fully saturated rings. The lowest BCUT2D eigenvalue weighted by atomic mass is 10.1. The highest BCUT2D eigenvalue weighted by Gasteiger charge is 2.00. The van der Waals surface area contributed by atoms with Crippen LogP contribution in [0.5, 0.6) is 0 Å². The summed E-state index contributed by atoms with van der Waals surface area (Å²) in [6.45, 7) is 0.265. The van der Waals surface area contributed by atoms with Gasteiger partial charge in [-0.15, -0.1) is 0 Å². The Morgan fingerprint density at radius 1 is 1.09 bits per heavy atom. The lowest BCUT2D eigenvalue weighted by Crippen LogP contribution is -2.01. The van der Waals surface area contributed by atoms with Crippen molar-refractivity contribution in [3.63, 3.8) is 0 Å². The molecule has 0 aromatic heterocycles. The van der Waals surface area contributed by atoms with Gasteiger partial charge in [-0.3, -0.25) is 0 Å². The molecule has 0 aromatic carbocycles. The molecular weight excluding hydrogens is 176 g/mol. The van der Waals surface area contributed by atoms with Crippen LogP contribution in [0.3, 0.4) is 0 Å². The third-order valence-electron chi connectivity index (χ3n) is 1.66. The molecule has 3 heteroatoms. The first-order valence-electron chi connectivity index (χ1n) is 4.21. The highest BCUT2D eigenvalue weighted by molar-refractivity contribution is 7.81. The SMILES string of the molecule is OCCC(S)CCCCCS. The van der Waals surface area contributed by atoms with Crippen molar-refractivity contribution in [2.24, 2.45) is 0 Å². The summed E-state index contributed by atoms with van der Waals surface area (Å²) in [6.07, 6.45) is 5.60. The molecule has 0 bridgehead atoms. The van der Waals surface area contributed by atoms with E-state index in [9.17, 15) is 0 Å². The maximum Gasteiger partial charge on any atom is 0.0441 e. The quantitative estimate of drug-likeness (QED) is 0.419. The molecule has 1 atom stereocenters. The second-order valence-electron chi connectivity index (χ2n) is 2.74. The molecule has 11 heavy (non-hydrogen) atoms. The van der Waals surface area contributed by atoms with E-state index in [2.05, 4.69) is 25.3 Å². The fourth-order valence-corrected chi connectivity index (χ4v) is 1.48. The van der Waals surface area contributed by atoms with Crippen LogP contribution in [0.15, 0.2) is 0 Å². The Hall–Kier alpha value is 0.660. The van der Waals surface area contributed by atoms with Crippen LogP contribution in [0.4, 0.5) is 0 Å². The highest BCUT2D eigenvalue weighted by atomic mass is 32.1. The predicted octanol–water partition coefficient (Wildman–Crippen LogP) is 2.16. The Morgan fingerprint density at radius 3 is 2.36 bits per heavy atom. The fourth-order valence-electron chi connectivity index (χ4n) is 0.962. The molecule has 0 aliphatic rings. The summed E-state index contributed by atoms with van der Waals surface area (Å²) in [7, 11) is 0.